The number of carboxylic acid groups (broad SMARTS) is 1. The number of benzene rings is 1. The van der Waals surface area contributed by atoms with E-state index in [4.69, 9.17) is 15.6 Å². The fraction of sp³-hybridized carbons (Fsp3) is 0.375. The molecule has 0 aliphatic heterocycles. The first kappa shape index (κ1) is 18.5. The van der Waals surface area contributed by atoms with E-state index in [1.165, 1.54) is 25.3 Å². The highest BCUT2D eigenvalue weighted by molar-refractivity contribution is 5.94. The minimum absolute atomic E-state index is 0.0000495. The Morgan fingerprint density at radius 1 is 1.39 bits per heavy atom. The molecule has 0 fully saturated rings. The van der Waals surface area contributed by atoms with Gasteiger partial charge in [0.15, 0.2) is 11.5 Å². The largest absolute Gasteiger partial charge is 0.504 e. The summed E-state index contributed by atoms with van der Waals surface area (Å²) < 4.78 is 4.97. The SMILES string of the molecule is COc1cc(C=CC(=O)N[C@@H](CCCCN)C(=O)O)ccc1O. The van der Waals surface area contributed by atoms with Crippen molar-refractivity contribution >= 4 is 18.0 Å². The smallest absolute Gasteiger partial charge is 0.326 e. The molecular weight excluding hydrogens is 300 g/mol. The Morgan fingerprint density at radius 3 is 2.74 bits per heavy atom. The third-order valence-corrected chi connectivity index (χ3v) is 3.19. The minimum atomic E-state index is -1.07. The molecule has 0 aromatic heterocycles. The van der Waals surface area contributed by atoms with Gasteiger partial charge in [-0.25, -0.2) is 4.79 Å². The van der Waals surface area contributed by atoms with Gasteiger partial charge in [0.2, 0.25) is 5.91 Å². The molecule has 1 amide bonds. The maximum Gasteiger partial charge on any atom is 0.326 e. The van der Waals surface area contributed by atoms with Crippen LogP contribution in [-0.4, -0.2) is 41.8 Å². The molecule has 1 atom stereocenters. The number of unbranched alkanes of at least 4 members (excludes halogenated alkanes) is 1. The second-order valence-corrected chi connectivity index (χ2v) is 4.95. The molecule has 7 nitrogen and oxygen atoms in total. The number of nitrogens with one attached hydrogen (secondary N) is 1. The number of carboxylic acids is 1. The number of carbonyl (C=O) groups excluding carboxylic acids is 1. The molecule has 0 aliphatic rings. The van der Waals surface area contributed by atoms with E-state index >= 15 is 0 Å². The van der Waals surface area contributed by atoms with Crippen LogP contribution in [0.2, 0.25) is 0 Å². The molecule has 0 aliphatic carbocycles. The standard InChI is InChI=1S/C16H22N2O5/c1-23-14-10-11(5-7-13(14)19)6-8-15(20)18-12(16(21)22)4-2-3-9-17/h5-8,10,12,19H,2-4,9,17H2,1H3,(H,18,20)(H,21,22)/t12-/m0/s1. The molecule has 0 saturated carbocycles. The van der Waals surface area contributed by atoms with Gasteiger partial charge in [-0.1, -0.05) is 6.07 Å². The predicted molar refractivity (Wildman–Crippen MR) is 86.2 cm³/mol. The van der Waals surface area contributed by atoms with Crippen LogP contribution in [0.5, 0.6) is 11.5 Å². The number of ether oxygens (including phenoxy) is 1. The maximum absolute atomic E-state index is 11.8. The Kier molecular flexibility index (Phi) is 7.62. The molecule has 1 aromatic carbocycles. The van der Waals surface area contributed by atoms with Crippen molar-refractivity contribution in [3.8, 4) is 11.5 Å². The van der Waals surface area contributed by atoms with Crippen molar-refractivity contribution < 1.29 is 24.5 Å². The van der Waals surface area contributed by atoms with Crippen molar-refractivity contribution in [2.24, 2.45) is 5.73 Å². The van der Waals surface area contributed by atoms with Crippen LogP contribution >= 0.6 is 0 Å². The van der Waals surface area contributed by atoms with E-state index in [0.29, 0.717) is 31.4 Å². The van der Waals surface area contributed by atoms with Crippen LogP contribution in [0.3, 0.4) is 0 Å². The number of aromatic hydroxyl groups is 1. The number of hydrogen-bond donors (Lipinski definition) is 4. The first-order valence-electron chi connectivity index (χ1n) is 7.26. The predicted octanol–water partition coefficient (Wildman–Crippen LogP) is 1.11. The van der Waals surface area contributed by atoms with Crippen LogP contribution < -0.4 is 15.8 Å². The molecule has 0 radical (unpaired) electrons. The van der Waals surface area contributed by atoms with Gasteiger partial charge in [0.25, 0.3) is 0 Å². The molecule has 0 spiro atoms. The Hall–Kier alpha value is -2.54. The molecule has 0 unspecified atom stereocenters. The Balaban J connectivity index is 2.64. The van der Waals surface area contributed by atoms with Crippen molar-refractivity contribution in [1.29, 1.82) is 0 Å². The fourth-order valence-electron chi connectivity index (χ4n) is 1.94. The van der Waals surface area contributed by atoms with Gasteiger partial charge in [0.05, 0.1) is 7.11 Å². The molecule has 5 N–H and O–H groups in total. The van der Waals surface area contributed by atoms with Crippen molar-refractivity contribution in [3.63, 3.8) is 0 Å². The lowest BCUT2D eigenvalue weighted by molar-refractivity contribution is -0.141. The second-order valence-electron chi connectivity index (χ2n) is 4.95. The van der Waals surface area contributed by atoms with Gasteiger partial charge < -0.3 is 26.0 Å². The average molecular weight is 322 g/mol. The van der Waals surface area contributed by atoms with Gasteiger partial charge in [0, 0.05) is 6.08 Å². The highest BCUT2D eigenvalue weighted by Crippen LogP contribution is 2.26. The number of carbonyl (C=O) groups is 2. The van der Waals surface area contributed by atoms with Crippen LogP contribution in [0, 0.1) is 0 Å². The van der Waals surface area contributed by atoms with Gasteiger partial charge in [-0.3, -0.25) is 4.79 Å². The van der Waals surface area contributed by atoms with Crippen LogP contribution in [0.25, 0.3) is 6.08 Å². The molecule has 0 heterocycles. The third kappa shape index (κ3) is 6.39. The Bertz CT molecular complexity index is 572. The Morgan fingerprint density at radius 2 is 2.13 bits per heavy atom. The summed E-state index contributed by atoms with van der Waals surface area (Å²) in [6, 6.07) is 3.68. The van der Waals surface area contributed by atoms with E-state index in [1.807, 2.05) is 0 Å². The minimum Gasteiger partial charge on any atom is -0.504 e. The number of methoxy groups -OCH3 is 1. The summed E-state index contributed by atoms with van der Waals surface area (Å²) in [6.07, 6.45) is 4.43. The normalized spacial score (nSPS) is 12.1. The zero-order valence-electron chi connectivity index (χ0n) is 13.0. The zero-order valence-corrected chi connectivity index (χ0v) is 13.0. The van der Waals surface area contributed by atoms with E-state index in [-0.39, 0.29) is 11.5 Å². The molecule has 0 bridgehead atoms. The summed E-state index contributed by atoms with van der Waals surface area (Å²) in [4.78, 5) is 22.9. The molecule has 0 saturated heterocycles. The molecule has 23 heavy (non-hydrogen) atoms. The van der Waals surface area contributed by atoms with Gasteiger partial charge in [-0.15, -0.1) is 0 Å². The van der Waals surface area contributed by atoms with Crippen molar-refractivity contribution in [2.75, 3.05) is 13.7 Å². The van der Waals surface area contributed by atoms with E-state index in [9.17, 15) is 14.7 Å². The monoisotopic (exact) mass is 322 g/mol. The van der Waals surface area contributed by atoms with E-state index < -0.39 is 17.9 Å². The highest BCUT2D eigenvalue weighted by atomic mass is 16.5. The molecule has 1 rings (SSSR count). The lowest BCUT2D eigenvalue weighted by Gasteiger charge is -2.12. The number of phenolic OH excluding ortho intramolecular Hbond substituents is 1. The summed E-state index contributed by atoms with van der Waals surface area (Å²) >= 11 is 0. The summed E-state index contributed by atoms with van der Waals surface area (Å²) in [5.41, 5.74) is 6.01. The summed E-state index contributed by atoms with van der Waals surface area (Å²) in [6.45, 7) is 0.489. The number of phenols is 1. The van der Waals surface area contributed by atoms with Gasteiger partial charge in [0.1, 0.15) is 6.04 Å². The summed E-state index contributed by atoms with van der Waals surface area (Å²) in [5, 5.41) is 21.0. The summed E-state index contributed by atoms with van der Waals surface area (Å²) in [5.74, 6) is -1.29. The van der Waals surface area contributed by atoms with Crippen molar-refractivity contribution in [3.05, 3.63) is 29.8 Å². The van der Waals surface area contributed by atoms with Crippen LogP contribution in [0.1, 0.15) is 24.8 Å². The molecule has 126 valence electrons. The maximum atomic E-state index is 11.8. The van der Waals surface area contributed by atoms with E-state index in [2.05, 4.69) is 5.32 Å². The zero-order chi connectivity index (χ0) is 17.2. The summed E-state index contributed by atoms with van der Waals surface area (Å²) in [7, 11) is 1.42. The average Bonchev–Trinajstić information content (AvgIpc) is 2.53. The second kappa shape index (κ2) is 9.47. The fourth-order valence-corrected chi connectivity index (χ4v) is 1.94. The molecule has 1 aromatic rings. The van der Waals surface area contributed by atoms with E-state index in [1.54, 1.807) is 12.1 Å². The first-order valence-corrected chi connectivity index (χ1v) is 7.26. The van der Waals surface area contributed by atoms with Crippen LogP contribution in [0.4, 0.5) is 0 Å². The van der Waals surface area contributed by atoms with E-state index in [0.717, 1.165) is 0 Å². The van der Waals surface area contributed by atoms with Crippen molar-refractivity contribution in [1.82, 2.24) is 5.32 Å². The third-order valence-electron chi connectivity index (χ3n) is 3.19. The van der Waals surface area contributed by atoms with Crippen molar-refractivity contribution in [2.45, 2.75) is 25.3 Å². The number of amides is 1. The number of aliphatic carboxylic acids is 1. The lowest BCUT2D eigenvalue weighted by Crippen LogP contribution is -2.39. The molecule has 7 heteroatoms. The highest BCUT2D eigenvalue weighted by Gasteiger charge is 2.18. The quantitative estimate of drug-likeness (QED) is 0.399. The van der Waals surface area contributed by atoms with Crippen LogP contribution in [-0.2, 0) is 9.59 Å². The van der Waals surface area contributed by atoms with Gasteiger partial charge in [-0.2, -0.15) is 0 Å². The first-order chi connectivity index (χ1) is 11.0. The number of hydrogen-bond acceptors (Lipinski definition) is 5. The van der Waals surface area contributed by atoms with Gasteiger partial charge in [-0.05, 0) is 49.6 Å². The number of rotatable bonds is 9. The lowest BCUT2D eigenvalue weighted by atomic mass is 10.1. The molecular formula is C16H22N2O5. The Labute approximate surface area is 134 Å². The van der Waals surface area contributed by atoms with Crippen LogP contribution in [0.15, 0.2) is 24.3 Å². The van der Waals surface area contributed by atoms with Gasteiger partial charge >= 0.3 is 5.97 Å². The number of nitrogens with two attached hydrogens (primary N) is 1. The topological polar surface area (TPSA) is 122 Å².